The van der Waals surface area contributed by atoms with Crippen molar-refractivity contribution in [2.45, 2.75) is 88.3 Å². The number of H-pyrrole nitrogens is 1. The summed E-state index contributed by atoms with van der Waals surface area (Å²) in [5.74, 6) is 0.744. The van der Waals surface area contributed by atoms with Crippen LogP contribution in [0.5, 0.6) is 0 Å². The lowest BCUT2D eigenvalue weighted by Gasteiger charge is -2.58. The molecule has 6 nitrogen and oxygen atoms in total. The van der Waals surface area contributed by atoms with Crippen molar-refractivity contribution in [3.05, 3.63) is 60.5 Å². The maximum Gasteiger partial charge on any atom is 0.133 e. The van der Waals surface area contributed by atoms with Crippen molar-refractivity contribution in [1.82, 2.24) is 19.8 Å². The van der Waals surface area contributed by atoms with E-state index < -0.39 is 5.60 Å². The number of rotatable bonds is 1. The first-order valence-electron chi connectivity index (χ1n) is 16.5. The van der Waals surface area contributed by atoms with E-state index in [1.54, 1.807) is 0 Å². The lowest BCUT2D eigenvalue weighted by atomic mass is 9.54. The molecule has 3 bridgehead atoms. The summed E-state index contributed by atoms with van der Waals surface area (Å²) >= 11 is 0. The predicted octanol–water partition coefficient (Wildman–Crippen LogP) is 6.26. The maximum absolute atomic E-state index is 13.1. The van der Waals surface area contributed by atoms with Gasteiger partial charge in [0.05, 0.1) is 16.8 Å². The van der Waals surface area contributed by atoms with E-state index in [-0.39, 0.29) is 11.5 Å². The molecule has 1 aromatic carbocycles. The van der Waals surface area contributed by atoms with Gasteiger partial charge in [-0.15, -0.1) is 0 Å². The lowest BCUT2D eigenvalue weighted by Crippen LogP contribution is -2.65. The molecule has 2 aromatic heterocycles. The molecular formula is C36H44N4O2. The van der Waals surface area contributed by atoms with Crippen LogP contribution in [0.25, 0.3) is 27.4 Å². The molecule has 3 fully saturated rings. The van der Waals surface area contributed by atoms with E-state index >= 15 is 0 Å². The van der Waals surface area contributed by atoms with Gasteiger partial charge in [0.25, 0.3) is 0 Å². The van der Waals surface area contributed by atoms with Gasteiger partial charge in [0.2, 0.25) is 0 Å². The summed E-state index contributed by atoms with van der Waals surface area (Å²) in [6.45, 7) is 4.16. The van der Waals surface area contributed by atoms with Crippen molar-refractivity contribution >= 4 is 33.2 Å². The second-order valence-electron chi connectivity index (χ2n) is 13.9. The average molecular weight is 565 g/mol. The average Bonchev–Trinajstić information content (AvgIpc) is 3.51. The molecule has 6 heterocycles. The Hall–Kier alpha value is -2.80. The number of aromatic amines is 1. The largest absolute Gasteiger partial charge is 0.384 e. The third-order valence-electron chi connectivity index (χ3n) is 11.5. The van der Waals surface area contributed by atoms with Crippen molar-refractivity contribution in [2.75, 3.05) is 26.2 Å². The fourth-order valence-corrected chi connectivity index (χ4v) is 9.86. The third-order valence-corrected chi connectivity index (χ3v) is 11.5. The van der Waals surface area contributed by atoms with Gasteiger partial charge in [-0.2, -0.15) is 0 Å². The van der Waals surface area contributed by atoms with Crippen LogP contribution < -0.4 is 0 Å². The van der Waals surface area contributed by atoms with Crippen molar-refractivity contribution < 1.29 is 9.90 Å². The van der Waals surface area contributed by atoms with E-state index in [9.17, 15) is 9.90 Å². The van der Waals surface area contributed by atoms with Gasteiger partial charge in [0.1, 0.15) is 5.78 Å². The molecule has 0 amide bonds. The lowest BCUT2D eigenvalue weighted by molar-refractivity contribution is -0.120. The van der Waals surface area contributed by atoms with E-state index in [2.05, 4.69) is 63.3 Å². The Kier molecular flexibility index (Phi) is 6.65. The van der Waals surface area contributed by atoms with Gasteiger partial charge in [0.15, 0.2) is 0 Å². The number of piperidine rings is 1. The number of aromatic nitrogens is 2. The highest BCUT2D eigenvalue weighted by Gasteiger charge is 2.66. The Balaban J connectivity index is 1.33. The number of benzene rings is 1. The van der Waals surface area contributed by atoms with Gasteiger partial charge in [-0.05, 0) is 107 Å². The quantitative estimate of drug-likeness (QED) is 0.342. The summed E-state index contributed by atoms with van der Waals surface area (Å²) in [4.78, 5) is 26.8. The molecule has 2 N–H and O–H groups in total. The Labute approximate surface area is 248 Å². The molecule has 220 valence electrons. The first-order valence-corrected chi connectivity index (χ1v) is 16.5. The summed E-state index contributed by atoms with van der Waals surface area (Å²) in [7, 11) is 0. The van der Waals surface area contributed by atoms with Crippen LogP contribution in [-0.4, -0.2) is 74.5 Å². The van der Waals surface area contributed by atoms with Crippen LogP contribution in [0, 0.1) is 11.3 Å². The molecular weight excluding hydrogens is 520 g/mol. The number of carbonyl (C=O) groups excluding carboxylic acids is 1. The molecule has 3 saturated heterocycles. The molecule has 3 unspecified atom stereocenters. The Morgan fingerprint density at radius 3 is 2.81 bits per heavy atom. The summed E-state index contributed by atoms with van der Waals surface area (Å²) in [5.41, 5.74) is 3.47. The molecule has 3 aromatic rings. The highest BCUT2D eigenvalue weighted by molar-refractivity contribution is 6.09. The molecule has 6 atom stereocenters. The van der Waals surface area contributed by atoms with Gasteiger partial charge in [-0.1, -0.05) is 30.4 Å². The minimum absolute atomic E-state index is 0.0656. The maximum atomic E-state index is 13.1. The number of nitrogens with zero attached hydrogens (tertiary/aromatic N) is 3. The SMILES string of the molecule is O=C1CCCN2C(CC1)C[C@]13CN4CCCCC=CCC[C@](O)(C=C(c5nccc6c5[nH]c5ccccc56)[C@@H]1CC4)C23. The van der Waals surface area contributed by atoms with Gasteiger partial charge in [-0.3, -0.25) is 14.7 Å². The predicted molar refractivity (Wildman–Crippen MR) is 168 cm³/mol. The van der Waals surface area contributed by atoms with Crippen LogP contribution in [0.1, 0.15) is 76.3 Å². The number of carbonyl (C=O) groups is 1. The van der Waals surface area contributed by atoms with Gasteiger partial charge in [-0.25, -0.2) is 0 Å². The zero-order chi connectivity index (χ0) is 28.3. The van der Waals surface area contributed by atoms with E-state index in [1.807, 2.05) is 6.20 Å². The number of fused-ring (bicyclic) bond motifs is 5. The summed E-state index contributed by atoms with van der Waals surface area (Å²) in [5, 5.41) is 15.5. The molecule has 8 rings (SSSR count). The van der Waals surface area contributed by atoms with E-state index in [0.29, 0.717) is 30.6 Å². The molecule has 5 aliphatic rings. The number of hydrogen-bond acceptors (Lipinski definition) is 5. The Bertz CT molecular complexity index is 1570. The second-order valence-corrected chi connectivity index (χ2v) is 13.9. The van der Waals surface area contributed by atoms with Gasteiger partial charge in [0, 0.05) is 59.4 Å². The monoisotopic (exact) mass is 564 g/mol. The summed E-state index contributed by atoms with van der Waals surface area (Å²) in [6, 6.07) is 11.1. The first kappa shape index (κ1) is 26.8. The molecule has 1 spiro atoms. The van der Waals surface area contributed by atoms with Crippen molar-refractivity contribution in [2.24, 2.45) is 11.3 Å². The number of Topliss-reactive ketones (excluding diaryl/α,β-unsaturated/α-hetero) is 1. The highest BCUT2D eigenvalue weighted by Crippen LogP contribution is 2.62. The normalized spacial score (nSPS) is 35.9. The van der Waals surface area contributed by atoms with Crippen LogP contribution in [0.4, 0.5) is 0 Å². The number of nitrogens with one attached hydrogen (secondary N) is 1. The minimum Gasteiger partial charge on any atom is -0.384 e. The van der Waals surface area contributed by atoms with Crippen LogP contribution in [-0.2, 0) is 4.79 Å². The number of pyridine rings is 1. The Morgan fingerprint density at radius 1 is 0.952 bits per heavy atom. The smallest absolute Gasteiger partial charge is 0.133 e. The molecule has 6 heteroatoms. The van der Waals surface area contributed by atoms with Gasteiger partial charge < -0.3 is 15.0 Å². The molecule has 42 heavy (non-hydrogen) atoms. The number of para-hydroxylation sites is 1. The van der Waals surface area contributed by atoms with Crippen molar-refractivity contribution in [3.8, 4) is 0 Å². The fourth-order valence-electron chi connectivity index (χ4n) is 9.86. The van der Waals surface area contributed by atoms with E-state index in [1.165, 1.54) is 29.2 Å². The fraction of sp³-hybridized carbons (Fsp3) is 0.556. The first-order chi connectivity index (χ1) is 20.6. The van der Waals surface area contributed by atoms with Crippen molar-refractivity contribution in [3.63, 3.8) is 0 Å². The second kappa shape index (κ2) is 10.4. The van der Waals surface area contributed by atoms with Crippen molar-refractivity contribution in [1.29, 1.82) is 0 Å². The minimum atomic E-state index is -0.957. The van der Waals surface area contributed by atoms with Crippen LogP contribution in [0.15, 0.2) is 54.8 Å². The zero-order valence-corrected chi connectivity index (χ0v) is 24.7. The molecule has 0 saturated carbocycles. The molecule has 1 aliphatic carbocycles. The standard InChI is InChI=1S/C36H44N4O2/c41-26-10-9-20-40-25(13-14-26)22-35-24-39-19-8-4-2-1-3-7-17-36(42,34(35)40)23-29(30(35)16-21-39)32-33-28(15-18-37-32)27-11-5-6-12-31(27)38-33/h1,3,5-6,11-12,15,18,23,25,30,34,38,42H,2,4,7-10,13-14,16-17,19-22,24H2/t25?,30-,34?,35-,36-/m0/s1. The van der Waals surface area contributed by atoms with Crippen LogP contribution >= 0.6 is 0 Å². The van der Waals surface area contributed by atoms with E-state index in [0.717, 1.165) is 87.9 Å². The third kappa shape index (κ3) is 4.24. The zero-order valence-electron chi connectivity index (χ0n) is 24.7. The number of hydrogen-bond donors (Lipinski definition) is 2. The topological polar surface area (TPSA) is 72.5 Å². The Morgan fingerprint density at radius 2 is 1.86 bits per heavy atom. The number of ketones is 1. The summed E-state index contributed by atoms with van der Waals surface area (Å²) < 4.78 is 0. The molecule has 0 radical (unpaired) electrons. The summed E-state index contributed by atoms with van der Waals surface area (Å²) in [6.07, 6.45) is 19.4. The van der Waals surface area contributed by atoms with Gasteiger partial charge >= 0.3 is 0 Å². The van der Waals surface area contributed by atoms with E-state index in [4.69, 9.17) is 4.98 Å². The number of aliphatic hydroxyl groups is 1. The van der Waals surface area contributed by atoms with Crippen LogP contribution in [0.2, 0.25) is 0 Å². The van der Waals surface area contributed by atoms with Crippen LogP contribution in [0.3, 0.4) is 0 Å². The molecule has 4 aliphatic heterocycles. The highest BCUT2D eigenvalue weighted by atomic mass is 16.3. The number of allylic oxidation sites excluding steroid dienone is 3.